The van der Waals surface area contributed by atoms with Crippen molar-refractivity contribution in [3.8, 4) is 0 Å². The maximum atomic E-state index is 6.65. The van der Waals surface area contributed by atoms with E-state index in [2.05, 4.69) is 27.7 Å². The van der Waals surface area contributed by atoms with Gasteiger partial charge in [-0.1, -0.05) is 34.1 Å². The van der Waals surface area contributed by atoms with Gasteiger partial charge in [-0.25, -0.2) is 0 Å². The van der Waals surface area contributed by atoms with Crippen molar-refractivity contribution in [2.45, 2.75) is 72.3 Å². The molecule has 1 heteroatoms. The molecule has 0 aromatic carbocycles. The molecule has 0 heterocycles. The highest BCUT2D eigenvalue weighted by Gasteiger charge is 2.42. The summed E-state index contributed by atoms with van der Waals surface area (Å²) in [4.78, 5) is 0. The second kappa shape index (κ2) is 4.91. The minimum atomic E-state index is 0.456. The molecule has 4 unspecified atom stereocenters. The van der Waals surface area contributed by atoms with Crippen molar-refractivity contribution < 1.29 is 0 Å². The Morgan fingerprint density at radius 3 is 2.12 bits per heavy atom. The molecule has 0 amide bonds. The standard InChI is InChI=1S/C16H31N/c1-11-8-12(2)10-13(9-11)15(17)14-6-5-7-16(14,3)4/h11-15H,5-10,17H2,1-4H3. The summed E-state index contributed by atoms with van der Waals surface area (Å²) < 4.78 is 0. The molecule has 2 aliphatic rings. The highest BCUT2D eigenvalue weighted by Crippen LogP contribution is 2.47. The third-order valence-corrected chi connectivity index (χ3v) is 5.56. The van der Waals surface area contributed by atoms with Crippen LogP contribution in [0.3, 0.4) is 0 Å². The minimum absolute atomic E-state index is 0.456. The molecule has 100 valence electrons. The van der Waals surface area contributed by atoms with Crippen molar-refractivity contribution in [3.05, 3.63) is 0 Å². The van der Waals surface area contributed by atoms with Crippen LogP contribution in [0.2, 0.25) is 0 Å². The van der Waals surface area contributed by atoms with Gasteiger partial charge in [-0.05, 0) is 61.2 Å². The first-order chi connectivity index (χ1) is 7.90. The van der Waals surface area contributed by atoms with Crippen molar-refractivity contribution in [1.82, 2.24) is 0 Å². The van der Waals surface area contributed by atoms with Gasteiger partial charge < -0.3 is 5.73 Å². The highest BCUT2D eigenvalue weighted by atomic mass is 14.7. The summed E-state index contributed by atoms with van der Waals surface area (Å²) in [6.45, 7) is 9.69. The van der Waals surface area contributed by atoms with Gasteiger partial charge in [0.25, 0.3) is 0 Å². The second-order valence-electron chi connectivity index (χ2n) is 7.74. The molecular weight excluding hydrogens is 206 g/mol. The molecule has 0 aromatic heterocycles. The molecule has 0 aromatic rings. The molecule has 17 heavy (non-hydrogen) atoms. The normalized spacial score (nSPS) is 43.6. The van der Waals surface area contributed by atoms with E-state index in [1.54, 1.807) is 0 Å². The summed E-state index contributed by atoms with van der Waals surface area (Å²) in [5, 5.41) is 0. The van der Waals surface area contributed by atoms with Crippen LogP contribution in [0.5, 0.6) is 0 Å². The van der Waals surface area contributed by atoms with E-state index < -0.39 is 0 Å². The third-order valence-electron chi connectivity index (χ3n) is 5.56. The molecule has 2 N–H and O–H groups in total. The van der Waals surface area contributed by atoms with Crippen LogP contribution < -0.4 is 5.73 Å². The lowest BCUT2D eigenvalue weighted by molar-refractivity contribution is 0.121. The fraction of sp³-hybridized carbons (Fsp3) is 1.00. The van der Waals surface area contributed by atoms with E-state index in [4.69, 9.17) is 5.73 Å². The van der Waals surface area contributed by atoms with Crippen molar-refractivity contribution in [1.29, 1.82) is 0 Å². The molecule has 2 rings (SSSR count). The van der Waals surface area contributed by atoms with Crippen LogP contribution in [0.1, 0.15) is 66.2 Å². The minimum Gasteiger partial charge on any atom is -0.327 e. The summed E-state index contributed by atoms with van der Waals surface area (Å²) in [6, 6.07) is 0.456. The summed E-state index contributed by atoms with van der Waals surface area (Å²) in [5.41, 5.74) is 7.14. The summed E-state index contributed by atoms with van der Waals surface area (Å²) in [5.74, 6) is 3.33. The molecule has 0 radical (unpaired) electrons. The van der Waals surface area contributed by atoms with Crippen LogP contribution in [0.4, 0.5) is 0 Å². The smallest absolute Gasteiger partial charge is 0.0101 e. The average molecular weight is 237 g/mol. The van der Waals surface area contributed by atoms with Gasteiger partial charge >= 0.3 is 0 Å². The molecule has 0 bridgehead atoms. The molecule has 4 atom stereocenters. The Bertz CT molecular complexity index is 248. The molecule has 2 fully saturated rings. The van der Waals surface area contributed by atoms with Gasteiger partial charge in [-0.2, -0.15) is 0 Å². The number of rotatable bonds is 2. The van der Waals surface area contributed by atoms with E-state index in [0.717, 1.165) is 23.7 Å². The Morgan fingerprint density at radius 1 is 1.06 bits per heavy atom. The molecule has 2 saturated carbocycles. The van der Waals surface area contributed by atoms with Crippen molar-refractivity contribution in [2.75, 3.05) is 0 Å². The lowest BCUT2D eigenvalue weighted by Gasteiger charge is -2.41. The number of hydrogen-bond donors (Lipinski definition) is 1. The summed E-state index contributed by atoms with van der Waals surface area (Å²) in [7, 11) is 0. The van der Waals surface area contributed by atoms with Crippen LogP contribution in [0.15, 0.2) is 0 Å². The number of hydrogen-bond acceptors (Lipinski definition) is 1. The zero-order chi connectivity index (χ0) is 12.6. The monoisotopic (exact) mass is 237 g/mol. The van der Waals surface area contributed by atoms with Gasteiger partial charge in [0.15, 0.2) is 0 Å². The lowest BCUT2D eigenvalue weighted by atomic mass is 9.67. The maximum absolute atomic E-state index is 6.65. The van der Waals surface area contributed by atoms with Gasteiger partial charge in [0.05, 0.1) is 0 Å². The van der Waals surface area contributed by atoms with Gasteiger partial charge in [0, 0.05) is 6.04 Å². The molecule has 0 saturated heterocycles. The predicted molar refractivity (Wildman–Crippen MR) is 74.8 cm³/mol. The fourth-order valence-electron chi connectivity index (χ4n) is 4.72. The van der Waals surface area contributed by atoms with E-state index in [1.165, 1.54) is 38.5 Å². The lowest BCUT2D eigenvalue weighted by Crippen LogP contribution is -2.44. The second-order valence-corrected chi connectivity index (χ2v) is 7.74. The average Bonchev–Trinajstić information content (AvgIpc) is 2.55. The largest absolute Gasteiger partial charge is 0.327 e. The molecule has 1 nitrogen and oxygen atoms in total. The molecule has 0 spiro atoms. The molecule has 0 aliphatic heterocycles. The van der Waals surface area contributed by atoms with Gasteiger partial charge in [0.1, 0.15) is 0 Å². The fourth-order valence-corrected chi connectivity index (χ4v) is 4.72. The van der Waals surface area contributed by atoms with Gasteiger partial charge in [-0.3, -0.25) is 0 Å². The quantitative estimate of drug-likeness (QED) is 0.765. The van der Waals surface area contributed by atoms with Crippen LogP contribution in [-0.4, -0.2) is 6.04 Å². The van der Waals surface area contributed by atoms with Crippen molar-refractivity contribution >= 4 is 0 Å². The Kier molecular flexibility index (Phi) is 3.87. The first-order valence-electron chi connectivity index (χ1n) is 7.65. The Morgan fingerprint density at radius 2 is 1.65 bits per heavy atom. The van der Waals surface area contributed by atoms with E-state index in [-0.39, 0.29) is 0 Å². The van der Waals surface area contributed by atoms with Crippen molar-refractivity contribution in [3.63, 3.8) is 0 Å². The van der Waals surface area contributed by atoms with Crippen LogP contribution in [-0.2, 0) is 0 Å². The molecule has 2 aliphatic carbocycles. The zero-order valence-corrected chi connectivity index (χ0v) is 12.2. The van der Waals surface area contributed by atoms with E-state index in [9.17, 15) is 0 Å². The van der Waals surface area contributed by atoms with Crippen LogP contribution in [0.25, 0.3) is 0 Å². The zero-order valence-electron chi connectivity index (χ0n) is 12.2. The predicted octanol–water partition coefficient (Wildman–Crippen LogP) is 4.21. The first-order valence-corrected chi connectivity index (χ1v) is 7.65. The topological polar surface area (TPSA) is 26.0 Å². The Balaban J connectivity index is 2.01. The van der Waals surface area contributed by atoms with Crippen LogP contribution >= 0.6 is 0 Å². The third kappa shape index (κ3) is 2.86. The van der Waals surface area contributed by atoms with E-state index in [1.807, 2.05) is 0 Å². The van der Waals surface area contributed by atoms with E-state index >= 15 is 0 Å². The Labute approximate surface area is 108 Å². The van der Waals surface area contributed by atoms with Gasteiger partial charge in [0.2, 0.25) is 0 Å². The van der Waals surface area contributed by atoms with E-state index in [0.29, 0.717) is 11.5 Å². The molecular formula is C16H31N. The van der Waals surface area contributed by atoms with Crippen LogP contribution in [0, 0.1) is 29.1 Å². The first kappa shape index (κ1) is 13.4. The summed E-state index contributed by atoms with van der Waals surface area (Å²) in [6.07, 6.45) is 8.30. The van der Waals surface area contributed by atoms with Gasteiger partial charge in [-0.15, -0.1) is 0 Å². The number of nitrogens with two attached hydrogens (primary N) is 1. The van der Waals surface area contributed by atoms with Crippen molar-refractivity contribution in [2.24, 2.45) is 34.8 Å². The highest BCUT2D eigenvalue weighted by molar-refractivity contribution is 4.95. The SMILES string of the molecule is CC1CC(C)CC(C(N)C2CCCC2(C)C)C1. The summed E-state index contributed by atoms with van der Waals surface area (Å²) >= 11 is 0. The maximum Gasteiger partial charge on any atom is 0.0101 e. The Hall–Kier alpha value is -0.0400.